The van der Waals surface area contributed by atoms with E-state index in [4.69, 9.17) is 5.73 Å². The van der Waals surface area contributed by atoms with E-state index < -0.39 is 5.60 Å². The number of aliphatic hydroxyl groups is 1. The van der Waals surface area contributed by atoms with Crippen molar-refractivity contribution in [1.82, 2.24) is 0 Å². The van der Waals surface area contributed by atoms with Crippen LogP contribution in [-0.4, -0.2) is 28.8 Å². The van der Waals surface area contributed by atoms with Crippen LogP contribution in [0.25, 0.3) is 0 Å². The third-order valence-electron chi connectivity index (χ3n) is 3.82. The molecule has 1 saturated carbocycles. The number of nitrogens with two attached hydrogens (primary N) is 1. The zero-order chi connectivity index (χ0) is 10.1. The van der Waals surface area contributed by atoms with E-state index in [-0.39, 0.29) is 5.41 Å². The zero-order valence-electron chi connectivity index (χ0n) is 8.84. The first kappa shape index (κ1) is 11.3. The Morgan fingerprint density at radius 1 is 1.62 bits per heavy atom. The van der Waals surface area contributed by atoms with Crippen molar-refractivity contribution >= 4 is 11.8 Å². The van der Waals surface area contributed by atoms with Gasteiger partial charge in [0, 0.05) is 17.2 Å². The molecule has 0 spiro atoms. The number of thioether (sulfide) groups is 1. The number of hydrogen-bond donors (Lipinski definition) is 2. The third kappa shape index (κ3) is 1.74. The average Bonchev–Trinajstić information content (AvgIpc) is 2.11. The summed E-state index contributed by atoms with van der Waals surface area (Å²) in [6, 6.07) is 0. The second-order valence-electron chi connectivity index (χ2n) is 4.42. The van der Waals surface area contributed by atoms with Gasteiger partial charge in [-0.15, -0.1) is 0 Å². The third-order valence-corrected chi connectivity index (χ3v) is 4.82. The molecule has 1 aliphatic carbocycles. The van der Waals surface area contributed by atoms with Crippen LogP contribution in [0.2, 0.25) is 0 Å². The molecule has 1 fully saturated rings. The van der Waals surface area contributed by atoms with Crippen LogP contribution < -0.4 is 5.73 Å². The molecule has 0 amide bonds. The highest BCUT2D eigenvalue weighted by atomic mass is 32.2. The van der Waals surface area contributed by atoms with Crippen molar-refractivity contribution in [2.24, 2.45) is 11.1 Å². The minimum absolute atomic E-state index is 0.0841. The van der Waals surface area contributed by atoms with E-state index in [1.54, 1.807) is 0 Å². The summed E-state index contributed by atoms with van der Waals surface area (Å²) in [6.07, 6.45) is 4.89. The van der Waals surface area contributed by atoms with Gasteiger partial charge in [-0.05, 0) is 25.5 Å². The molecule has 1 aliphatic rings. The van der Waals surface area contributed by atoms with Gasteiger partial charge in [-0.2, -0.15) is 11.8 Å². The van der Waals surface area contributed by atoms with Crippen molar-refractivity contribution in [3.63, 3.8) is 0 Å². The van der Waals surface area contributed by atoms with Crippen LogP contribution in [-0.2, 0) is 0 Å². The van der Waals surface area contributed by atoms with Gasteiger partial charge in [-0.25, -0.2) is 0 Å². The van der Waals surface area contributed by atoms with E-state index in [0.29, 0.717) is 11.8 Å². The quantitative estimate of drug-likeness (QED) is 0.730. The van der Waals surface area contributed by atoms with Gasteiger partial charge in [0.05, 0.1) is 5.60 Å². The standard InChI is InChI=1S/C10H21NOS/c1-4-9(2,7-11)10(12)5-8(6-10)13-3/h8,12H,4-7,11H2,1-3H3. The largest absolute Gasteiger partial charge is 0.389 e. The Morgan fingerprint density at radius 2 is 2.15 bits per heavy atom. The second-order valence-corrected chi connectivity index (χ2v) is 5.55. The van der Waals surface area contributed by atoms with E-state index in [1.165, 1.54) is 0 Å². The number of hydrogen-bond acceptors (Lipinski definition) is 3. The Bertz CT molecular complexity index is 174. The summed E-state index contributed by atoms with van der Waals surface area (Å²) in [5.41, 5.74) is 5.15. The monoisotopic (exact) mass is 203 g/mol. The summed E-state index contributed by atoms with van der Waals surface area (Å²) >= 11 is 1.85. The predicted molar refractivity (Wildman–Crippen MR) is 58.9 cm³/mol. The summed E-state index contributed by atoms with van der Waals surface area (Å²) in [6.45, 7) is 4.79. The maximum Gasteiger partial charge on any atom is 0.0734 e. The van der Waals surface area contributed by atoms with Crippen LogP contribution in [0.15, 0.2) is 0 Å². The first-order valence-corrected chi connectivity index (χ1v) is 6.25. The molecule has 1 unspecified atom stereocenters. The minimum atomic E-state index is -0.496. The molecule has 13 heavy (non-hydrogen) atoms. The molecule has 0 heterocycles. The predicted octanol–water partition coefficient (Wildman–Crippen LogP) is 1.62. The lowest BCUT2D eigenvalue weighted by Crippen LogP contribution is -2.59. The van der Waals surface area contributed by atoms with Gasteiger partial charge in [0.2, 0.25) is 0 Å². The van der Waals surface area contributed by atoms with Crippen LogP contribution >= 0.6 is 11.8 Å². The molecule has 0 radical (unpaired) electrons. The van der Waals surface area contributed by atoms with Crippen molar-refractivity contribution < 1.29 is 5.11 Å². The van der Waals surface area contributed by atoms with Crippen molar-refractivity contribution in [2.75, 3.05) is 12.8 Å². The second kappa shape index (κ2) is 3.79. The SMILES string of the molecule is CCC(C)(CN)C1(O)CC(SC)C1. The summed E-state index contributed by atoms with van der Waals surface area (Å²) in [7, 11) is 0. The van der Waals surface area contributed by atoms with Crippen LogP contribution in [0.5, 0.6) is 0 Å². The topological polar surface area (TPSA) is 46.2 Å². The molecule has 0 aliphatic heterocycles. The van der Waals surface area contributed by atoms with Crippen molar-refractivity contribution in [3.8, 4) is 0 Å². The molecule has 0 aromatic heterocycles. The maximum absolute atomic E-state index is 10.3. The Hall–Kier alpha value is 0.270. The lowest BCUT2D eigenvalue weighted by atomic mass is 9.61. The Morgan fingerprint density at radius 3 is 2.46 bits per heavy atom. The molecule has 1 rings (SSSR count). The highest BCUT2D eigenvalue weighted by Gasteiger charge is 2.53. The van der Waals surface area contributed by atoms with Gasteiger partial charge >= 0.3 is 0 Å². The van der Waals surface area contributed by atoms with E-state index in [2.05, 4.69) is 20.1 Å². The van der Waals surface area contributed by atoms with Gasteiger partial charge in [-0.3, -0.25) is 0 Å². The van der Waals surface area contributed by atoms with Gasteiger partial charge in [0.15, 0.2) is 0 Å². The van der Waals surface area contributed by atoms with E-state index in [9.17, 15) is 5.11 Å². The first-order chi connectivity index (χ1) is 6.01. The Labute approximate surface area is 85.3 Å². The first-order valence-electron chi connectivity index (χ1n) is 4.96. The summed E-state index contributed by atoms with van der Waals surface area (Å²) < 4.78 is 0. The van der Waals surface area contributed by atoms with Gasteiger partial charge in [0.25, 0.3) is 0 Å². The molecule has 1 atom stereocenters. The fraction of sp³-hybridized carbons (Fsp3) is 1.00. The average molecular weight is 203 g/mol. The lowest BCUT2D eigenvalue weighted by Gasteiger charge is -2.53. The van der Waals surface area contributed by atoms with E-state index >= 15 is 0 Å². The highest BCUT2D eigenvalue weighted by molar-refractivity contribution is 7.99. The molecular weight excluding hydrogens is 182 g/mol. The molecule has 3 heteroatoms. The van der Waals surface area contributed by atoms with Crippen LogP contribution in [0.1, 0.15) is 33.1 Å². The van der Waals surface area contributed by atoms with Crippen molar-refractivity contribution in [3.05, 3.63) is 0 Å². The van der Waals surface area contributed by atoms with E-state index in [0.717, 1.165) is 19.3 Å². The molecule has 0 saturated heterocycles. The summed E-state index contributed by atoms with van der Waals surface area (Å²) in [4.78, 5) is 0. The molecule has 0 bridgehead atoms. The van der Waals surface area contributed by atoms with Crippen LogP contribution in [0.4, 0.5) is 0 Å². The van der Waals surface area contributed by atoms with Crippen LogP contribution in [0.3, 0.4) is 0 Å². The summed E-state index contributed by atoms with van der Waals surface area (Å²) in [5, 5.41) is 11.0. The van der Waals surface area contributed by atoms with E-state index in [1.807, 2.05) is 11.8 Å². The Kier molecular flexibility index (Phi) is 3.31. The maximum atomic E-state index is 10.3. The zero-order valence-corrected chi connectivity index (χ0v) is 9.66. The number of rotatable bonds is 4. The smallest absolute Gasteiger partial charge is 0.0734 e. The van der Waals surface area contributed by atoms with Gasteiger partial charge < -0.3 is 10.8 Å². The van der Waals surface area contributed by atoms with Gasteiger partial charge in [0.1, 0.15) is 0 Å². The van der Waals surface area contributed by atoms with Crippen molar-refractivity contribution in [1.29, 1.82) is 0 Å². The van der Waals surface area contributed by atoms with Gasteiger partial charge in [-0.1, -0.05) is 13.8 Å². The van der Waals surface area contributed by atoms with Crippen LogP contribution in [0, 0.1) is 5.41 Å². The lowest BCUT2D eigenvalue weighted by molar-refractivity contribution is -0.126. The molecule has 0 aromatic rings. The molecular formula is C10H21NOS. The summed E-state index contributed by atoms with van der Waals surface area (Å²) in [5.74, 6) is 0. The fourth-order valence-corrected chi connectivity index (χ4v) is 2.90. The minimum Gasteiger partial charge on any atom is -0.389 e. The molecule has 2 nitrogen and oxygen atoms in total. The highest BCUT2D eigenvalue weighted by Crippen LogP contribution is 2.50. The molecule has 0 aromatic carbocycles. The fourth-order valence-electron chi connectivity index (χ4n) is 2.02. The normalized spacial score (nSPS) is 38.1. The molecule has 3 N–H and O–H groups in total. The Balaban J connectivity index is 2.61. The van der Waals surface area contributed by atoms with Crippen molar-refractivity contribution in [2.45, 2.75) is 44.0 Å². The molecule has 78 valence electrons.